The second-order valence-corrected chi connectivity index (χ2v) is 12.4. The molecule has 2 aromatic rings. The summed E-state index contributed by atoms with van der Waals surface area (Å²) < 4.78 is 5.31. The number of imide groups is 2. The van der Waals surface area contributed by atoms with Crippen LogP contribution in [0.3, 0.4) is 0 Å². The summed E-state index contributed by atoms with van der Waals surface area (Å²) in [5.41, 5.74) is 1.70. The SMILES string of the molecule is COc1cccc(C2C3=CCC4C(=O)N(CCc5ccc(O)cc5)C(=O)C4C3CC3(Cl)C(=O)N(C)C(=O)C23Cl)c1O. The molecule has 2 aliphatic carbocycles. The Hall–Kier alpha value is -3.56. The number of amides is 4. The van der Waals surface area contributed by atoms with E-state index in [1.807, 2.05) is 6.08 Å². The number of carbonyl (C=O) groups excluding carboxylic acids is 4. The summed E-state index contributed by atoms with van der Waals surface area (Å²) in [6.07, 6.45) is 2.34. The zero-order chi connectivity index (χ0) is 29.4. The van der Waals surface area contributed by atoms with E-state index in [2.05, 4.69) is 0 Å². The van der Waals surface area contributed by atoms with Gasteiger partial charge in [-0.3, -0.25) is 29.0 Å². The molecule has 2 N–H and O–H groups in total. The number of aromatic hydroxyl groups is 2. The Morgan fingerprint density at radius 1 is 0.976 bits per heavy atom. The number of nitrogens with zero attached hydrogens (tertiary/aromatic N) is 2. The van der Waals surface area contributed by atoms with Gasteiger partial charge in [0.15, 0.2) is 21.2 Å². The zero-order valence-corrected chi connectivity index (χ0v) is 23.9. The van der Waals surface area contributed by atoms with Gasteiger partial charge < -0.3 is 14.9 Å². The molecule has 6 unspecified atom stereocenters. The van der Waals surface area contributed by atoms with Crippen molar-refractivity contribution in [2.24, 2.45) is 17.8 Å². The minimum Gasteiger partial charge on any atom is -0.508 e. The van der Waals surface area contributed by atoms with E-state index in [0.717, 1.165) is 10.5 Å². The standard InChI is InChI=1S/C30H28Cl2N2O7/c1-33-27(39)29(31)14-20-17(23(30(29,32)28(33)40)19-4-3-5-21(41-2)24(19)36)10-11-18-22(20)26(38)34(25(18)37)13-12-15-6-8-16(35)9-7-15/h3-10,18,20,22-23,35-36H,11-14H2,1-2H3. The fourth-order valence-corrected chi connectivity index (χ4v) is 8.23. The molecule has 2 saturated heterocycles. The maximum absolute atomic E-state index is 13.9. The Morgan fingerprint density at radius 2 is 1.68 bits per heavy atom. The predicted molar refractivity (Wildman–Crippen MR) is 149 cm³/mol. The first-order chi connectivity index (χ1) is 19.5. The number of hydrogen-bond donors (Lipinski definition) is 2. The van der Waals surface area contributed by atoms with Crippen molar-refractivity contribution in [2.45, 2.75) is 34.9 Å². The third kappa shape index (κ3) is 3.68. The number of carbonyl (C=O) groups is 4. The van der Waals surface area contributed by atoms with Crippen molar-refractivity contribution in [3.05, 3.63) is 65.2 Å². The largest absolute Gasteiger partial charge is 0.508 e. The molecule has 4 amide bonds. The molecule has 11 heteroatoms. The molecule has 214 valence electrons. The van der Waals surface area contributed by atoms with Gasteiger partial charge in [-0.15, -0.1) is 23.2 Å². The van der Waals surface area contributed by atoms with Gasteiger partial charge in [0.05, 0.1) is 18.9 Å². The van der Waals surface area contributed by atoms with E-state index in [1.54, 1.807) is 42.5 Å². The van der Waals surface area contributed by atoms with Crippen LogP contribution >= 0.6 is 23.2 Å². The third-order valence-electron chi connectivity index (χ3n) is 9.23. The van der Waals surface area contributed by atoms with Crippen molar-refractivity contribution in [2.75, 3.05) is 20.7 Å². The fraction of sp³-hybridized carbons (Fsp3) is 0.400. The van der Waals surface area contributed by atoms with Crippen LogP contribution in [0.25, 0.3) is 0 Å². The number of methoxy groups -OCH3 is 1. The first-order valence-corrected chi connectivity index (χ1v) is 14.1. The molecule has 0 spiro atoms. The van der Waals surface area contributed by atoms with E-state index in [9.17, 15) is 29.4 Å². The normalized spacial score (nSPS) is 32.5. The molecule has 6 rings (SSSR count). The van der Waals surface area contributed by atoms with E-state index in [0.29, 0.717) is 12.0 Å². The van der Waals surface area contributed by atoms with Crippen LogP contribution in [-0.4, -0.2) is 74.1 Å². The van der Waals surface area contributed by atoms with E-state index in [1.165, 1.54) is 19.1 Å². The molecule has 0 bridgehead atoms. The number of para-hydroxylation sites is 1. The van der Waals surface area contributed by atoms with Crippen LogP contribution in [0.15, 0.2) is 54.1 Å². The molecular formula is C30H28Cl2N2O7. The Labute approximate surface area is 246 Å². The van der Waals surface area contributed by atoms with Gasteiger partial charge in [0, 0.05) is 25.1 Å². The van der Waals surface area contributed by atoms with Gasteiger partial charge in [0.1, 0.15) is 5.75 Å². The van der Waals surface area contributed by atoms with E-state index < -0.39 is 45.2 Å². The number of ether oxygens (including phenoxy) is 1. The number of phenolic OH excluding ortho intramolecular Hbond substituents is 2. The number of rotatable bonds is 5. The minimum absolute atomic E-state index is 0.119. The molecule has 6 atom stereocenters. The molecular weight excluding hydrogens is 571 g/mol. The highest BCUT2D eigenvalue weighted by Gasteiger charge is 2.76. The average Bonchev–Trinajstić information content (AvgIpc) is 3.27. The summed E-state index contributed by atoms with van der Waals surface area (Å²) in [5, 5.41) is 20.7. The van der Waals surface area contributed by atoms with Crippen molar-refractivity contribution in [1.29, 1.82) is 0 Å². The lowest BCUT2D eigenvalue weighted by atomic mass is 9.56. The molecule has 2 aliphatic heterocycles. The number of likely N-dealkylation sites (tertiary alicyclic amines) is 2. The topological polar surface area (TPSA) is 124 Å². The van der Waals surface area contributed by atoms with E-state index in [-0.39, 0.29) is 54.0 Å². The number of phenols is 2. The Morgan fingerprint density at radius 3 is 2.37 bits per heavy atom. The van der Waals surface area contributed by atoms with Crippen molar-refractivity contribution in [1.82, 2.24) is 9.80 Å². The van der Waals surface area contributed by atoms with Gasteiger partial charge in [0.25, 0.3) is 11.8 Å². The average molecular weight is 599 g/mol. The van der Waals surface area contributed by atoms with Crippen LogP contribution in [0.2, 0.25) is 0 Å². The Bertz CT molecular complexity index is 1530. The number of alkyl halides is 2. The van der Waals surface area contributed by atoms with Crippen molar-refractivity contribution in [3.63, 3.8) is 0 Å². The summed E-state index contributed by atoms with van der Waals surface area (Å²) in [6.45, 7) is 0.156. The first-order valence-electron chi connectivity index (χ1n) is 13.3. The fourth-order valence-electron chi connectivity index (χ4n) is 7.22. The second-order valence-electron chi connectivity index (χ2n) is 11.1. The maximum Gasteiger partial charge on any atom is 0.253 e. The smallest absolute Gasteiger partial charge is 0.253 e. The Balaban J connectivity index is 1.43. The monoisotopic (exact) mass is 598 g/mol. The molecule has 3 fully saturated rings. The molecule has 9 nitrogen and oxygen atoms in total. The molecule has 41 heavy (non-hydrogen) atoms. The van der Waals surface area contributed by atoms with Gasteiger partial charge in [0.2, 0.25) is 11.8 Å². The second kappa shape index (κ2) is 9.49. The molecule has 0 aromatic heterocycles. The summed E-state index contributed by atoms with van der Waals surface area (Å²) in [7, 11) is 2.71. The van der Waals surface area contributed by atoms with Gasteiger partial charge in [-0.2, -0.15) is 0 Å². The summed E-state index contributed by atoms with van der Waals surface area (Å²) in [5.74, 6) is -5.21. The van der Waals surface area contributed by atoms with Crippen LogP contribution in [0.5, 0.6) is 17.2 Å². The predicted octanol–water partition coefficient (Wildman–Crippen LogP) is 3.34. The van der Waals surface area contributed by atoms with Gasteiger partial charge in [-0.25, -0.2) is 0 Å². The van der Waals surface area contributed by atoms with Crippen molar-refractivity contribution < 1.29 is 34.1 Å². The number of fused-ring (bicyclic) bond motifs is 4. The highest BCUT2D eigenvalue weighted by molar-refractivity contribution is 6.53. The lowest BCUT2D eigenvalue weighted by molar-refractivity contribution is -0.141. The third-order valence-corrected chi connectivity index (χ3v) is 10.6. The molecule has 4 aliphatic rings. The number of benzene rings is 2. The van der Waals surface area contributed by atoms with Crippen molar-refractivity contribution in [3.8, 4) is 17.2 Å². The van der Waals surface area contributed by atoms with Crippen LogP contribution in [0, 0.1) is 17.8 Å². The molecule has 2 aromatic carbocycles. The molecule has 0 radical (unpaired) electrons. The highest BCUT2D eigenvalue weighted by atomic mass is 35.5. The quantitative estimate of drug-likeness (QED) is 0.307. The van der Waals surface area contributed by atoms with Crippen LogP contribution in [-0.2, 0) is 25.6 Å². The summed E-state index contributed by atoms with van der Waals surface area (Å²) >= 11 is 14.3. The molecule has 1 saturated carbocycles. The highest BCUT2D eigenvalue weighted by Crippen LogP contribution is 2.66. The van der Waals surface area contributed by atoms with Crippen LogP contribution in [0.4, 0.5) is 0 Å². The Kier molecular flexibility index (Phi) is 6.39. The van der Waals surface area contributed by atoms with Crippen LogP contribution < -0.4 is 4.74 Å². The van der Waals surface area contributed by atoms with Gasteiger partial charge in [-0.1, -0.05) is 35.9 Å². The van der Waals surface area contributed by atoms with Crippen LogP contribution in [0.1, 0.15) is 29.9 Å². The van der Waals surface area contributed by atoms with Crippen molar-refractivity contribution >= 4 is 46.8 Å². The molecule has 2 heterocycles. The van der Waals surface area contributed by atoms with E-state index >= 15 is 0 Å². The summed E-state index contributed by atoms with van der Waals surface area (Å²) in [6, 6.07) is 11.3. The number of halogens is 2. The maximum atomic E-state index is 13.9. The lowest BCUT2D eigenvalue weighted by Crippen LogP contribution is -2.60. The number of hydrogen-bond acceptors (Lipinski definition) is 7. The zero-order valence-electron chi connectivity index (χ0n) is 22.3. The minimum atomic E-state index is -1.98. The summed E-state index contributed by atoms with van der Waals surface area (Å²) in [4.78, 5) is 52.9. The number of allylic oxidation sites excluding steroid dienone is 2. The van der Waals surface area contributed by atoms with Gasteiger partial charge >= 0.3 is 0 Å². The lowest BCUT2D eigenvalue weighted by Gasteiger charge is -2.50. The first kappa shape index (κ1) is 27.6. The van der Waals surface area contributed by atoms with E-state index in [4.69, 9.17) is 27.9 Å². The van der Waals surface area contributed by atoms with Gasteiger partial charge in [-0.05, 0) is 48.9 Å².